The molecule has 0 bridgehead atoms. The first kappa shape index (κ1) is 23.3. The number of hydrogen-bond acceptors (Lipinski definition) is 6. The van der Waals surface area contributed by atoms with Crippen LogP contribution in [0.5, 0.6) is 11.5 Å². The highest BCUT2D eigenvalue weighted by molar-refractivity contribution is 6.23. The Morgan fingerprint density at radius 2 is 1.77 bits per heavy atom. The number of fused-ring (bicyclic) bond motifs is 3. The number of aromatic hydroxyl groups is 1. The van der Waals surface area contributed by atoms with Crippen LogP contribution in [0.2, 0.25) is 0 Å². The Labute approximate surface area is 204 Å². The Bertz CT molecular complexity index is 1290. The number of rotatable bonds is 2. The number of ketones is 2. The summed E-state index contributed by atoms with van der Waals surface area (Å²) >= 11 is 0. The summed E-state index contributed by atoms with van der Waals surface area (Å²) in [5.74, 6) is -2.67. The van der Waals surface area contributed by atoms with Crippen molar-refractivity contribution in [3.8, 4) is 11.5 Å². The smallest absolute Gasteiger partial charge is 0.234 e. The molecule has 182 valence electrons. The molecule has 4 atom stereocenters. The maximum atomic E-state index is 13.7. The molecule has 4 unspecified atom stereocenters. The van der Waals surface area contributed by atoms with Crippen molar-refractivity contribution in [3.05, 3.63) is 58.2 Å². The van der Waals surface area contributed by atoms with Crippen molar-refractivity contribution in [2.45, 2.75) is 52.0 Å². The molecule has 2 amide bonds. The molecule has 0 spiro atoms. The van der Waals surface area contributed by atoms with Gasteiger partial charge in [0.1, 0.15) is 11.5 Å². The van der Waals surface area contributed by atoms with Gasteiger partial charge in [-0.2, -0.15) is 0 Å². The number of ether oxygens (including phenoxy) is 1. The van der Waals surface area contributed by atoms with E-state index >= 15 is 0 Å². The molecule has 1 aliphatic heterocycles. The van der Waals surface area contributed by atoms with Gasteiger partial charge in [-0.1, -0.05) is 11.6 Å². The first-order valence-electron chi connectivity index (χ1n) is 11.9. The Morgan fingerprint density at radius 1 is 1.06 bits per heavy atom. The van der Waals surface area contributed by atoms with E-state index in [1.54, 1.807) is 19.1 Å². The van der Waals surface area contributed by atoms with Gasteiger partial charge in [0, 0.05) is 33.7 Å². The highest BCUT2D eigenvalue weighted by Gasteiger charge is 2.58. The van der Waals surface area contributed by atoms with Crippen LogP contribution in [-0.2, 0) is 19.2 Å². The van der Waals surface area contributed by atoms with Gasteiger partial charge in [0.2, 0.25) is 11.8 Å². The minimum Gasteiger partial charge on any atom is -0.508 e. The van der Waals surface area contributed by atoms with Gasteiger partial charge in [0.25, 0.3) is 0 Å². The van der Waals surface area contributed by atoms with Gasteiger partial charge < -0.3 is 9.84 Å². The summed E-state index contributed by atoms with van der Waals surface area (Å²) in [5, 5.41) is 10.9. The molecular formula is C28H29NO6. The standard InChI is InChI=1S/C28H29NO6/c1-13-10-21(31)24-19(25(13)32)12-17-15(22(24)18-11-14(35-5)6-9-20(18)30)7-8-16-23(17)27(34)29(26(16)33)28(2,3)4/h6-7,9-11,16-17,22-23,30H,8,12H2,1-5H3. The lowest BCUT2D eigenvalue weighted by Gasteiger charge is -2.42. The summed E-state index contributed by atoms with van der Waals surface area (Å²) in [6.07, 6.45) is 3.88. The number of nitrogens with zero attached hydrogens (tertiary/aromatic N) is 1. The van der Waals surface area contributed by atoms with Gasteiger partial charge >= 0.3 is 0 Å². The monoisotopic (exact) mass is 475 g/mol. The van der Waals surface area contributed by atoms with E-state index in [9.17, 15) is 24.3 Å². The lowest BCUT2D eigenvalue weighted by atomic mass is 9.59. The van der Waals surface area contributed by atoms with E-state index in [0.717, 1.165) is 5.57 Å². The quantitative estimate of drug-likeness (QED) is 0.398. The average molecular weight is 476 g/mol. The maximum absolute atomic E-state index is 13.7. The number of imide groups is 1. The Kier molecular flexibility index (Phi) is 5.16. The van der Waals surface area contributed by atoms with Crippen LogP contribution < -0.4 is 4.74 Å². The van der Waals surface area contributed by atoms with Gasteiger partial charge in [-0.25, -0.2) is 0 Å². The van der Waals surface area contributed by atoms with Crippen LogP contribution in [0.1, 0.15) is 52.0 Å². The van der Waals surface area contributed by atoms with Crippen molar-refractivity contribution in [1.29, 1.82) is 0 Å². The number of likely N-dealkylation sites (tertiary alicyclic amines) is 1. The molecule has 0 aromatic heterocycles. The van der Waals surface area contributed by atoms with Crippen molar-refractivity contribution < 1.29 is 29.0 Å². The number of carbonyl (C=O) groups is 4. The van der Waals surface area contributed by atoms with Crippen LogP contribution in [0.4, 0.5) is 0 Å². The molecule has 0 radical (unpaired) electrons. The van der Waals surface area contributed by atoms with Gasteiger partial charge in [0.05, 0.1) is 18.9 Å². The van der Waals surface area contributed by atoms with Crippen molar-refractivity contribution in [2.75, 3.05) is 7.11 Å². The van der Waals surface area contributed by atoms with Crippen LogP contribution >= 0.6 is 0 Å². The molecule has 1 aromatic carbocycles. The molecule has 1 aromatic rings. The second-order valence-corrected chi connectivity index (χ2v) is 10.8. The third-order valence-electron chi connectivity index (χ3n) is 7.78. The van der Waals surface area contributed by atoms with Crippen LogP contribution in [0.15, 0.2) is 52.6 Å². The highest BCUT2D eigenvalue weighted by Crippen LogP contribution is 2.56. The number of amides is 2. The zero-order valence-electron chi connectivity index (χ0n) is 20.5. The number of phenols is 1. The summed E-state index contributed by atoms with van der Waals surface area (Å²) in [5.41, 5.74) is 1.66. The molecule has 4 aliphatic rings. The van der Waals surface area contributed by atoms with Crippen molar-refractivity contribution in [3.63, 3.8) is 0 Å². The second-order valence-electron chi connectivity index (χ2n) is 10.8. The van der Waals surface area contributed by atoms with E-state index in [4.69, 9.17) is 4.74 Å². The predicted octanol–water partition coefficient (Wildman–Crippen LogP) is 3.63. The third kappa shape index (κ3) is 3.32. The number of Topliss-reactive ketones (excluding diaryl/α,β-unsaturated/α-hetero) is 1. The van der Waals surface area contributed by atoms with Crippen LogP contribution in [0, 0.1) is 17.8 Å². The largest absolute Gasteiger partial charge is 0.508 e. The number of carbonyl (C=O) groups excluding carboxylic acids is 4. The van der Waals surface area contributed by atoms with E-state index in [1.165, 1.54) is 24.2 Å². The fourth-order valence-corrected chi connectivity index (χ4v) is 6.29. The summed E-state index contributed by atoms with van der Waals surface area (Å²) in [4.78, 5) is 54.9. The van der Waals surface area contributed by atoms with E-state index in [2.05, 4.69) is 0 Å². The number of benzene rings is 1. The second kappa shape index (κ2) is 7.77. The van der Waals surface area contributed by atoms with Gasteiger partial charge in [-0.15, -0.1) is 0 Å². The zero-order chi connectivity index (χ0) is 25.4. The first-order chi connectivity index (χ1) is 16.5. The third-order valence-corrected chi connectivity index (χ3v) is 7.78. The molecule has 1 N–H and O–H groups in total. The van der Waals surface area contributed by atoms with Gasteiger partial charge in [-0.05, 0) is 70.7 Å². The number of allylic oxidation sites excluding steroid dienone is 6. The Balaban J connectivity index is 1.71. The predicted molar refractivity (Wildman–Crippen MR) is 128 cm³/mol. The van der Waals surface area contributed by atoms with E-state index < -0.39 is 29.2 Å². The Hall–Kier alpha value is -3.48. The zero-order valence-corrected chi connectivity index (χ0v) is 20.5. The van der Waals surface area contributed by atoms with Gasteiger partial charge in [-0.3, -0.25) is 24.1 Å². The topological polar surface area (TPSA) is 101 Å². The number of hydrogen-bond donors (Lipinski definition) is 1. The summed E-state index contributed by atoms with van der Waals surface area (Å²) in [6.45, 7) is 7.13. The molecule has 1 fully saturated rings. The number of phenolic OH excluding ortho intramolecular Hbond substituents is 1. The lowest BCUT2D eigenvalue weighted by Crippen LogP contribution is -2.46. The molecular weight excluding hydrogens is 446 g/mol. The molecule has 35 heavy (non-hydrogen) atoms. The highest BCUT2D eigenvalue weighted by atomic mass is 16.5. The van der Waals surface area contributed by atoms with Crippen LogP contribution in [-0.4, -0.2) is 46.0 Å². The first-order valence-corrected chi connectivity index (χ1v) is 11.9. The molecule has 5 rings (SSSR count). The minimum absolute atomic E-state index is 0.0250. The fraction of sp³-hybridized carbons (Fsp3) is 0.429. The normalized spacial score (nSPS) is 28.4. The van der Waals surface area contributed by atoms with Crippen molar-refractivity contribution in [1.82, 2.24) is 4.90 Å². The van der Waals surface area contributed by atoms with E-state index in [1.807, 2.05) is 26.8 Å². The molecule has 7 heteroatoms. The fourth-order valence-electron chi connectivity index (χ4n) is 6.29. The molecule has 1 heterocycles. The Morgan fingerprint density at radius 3 is 2.43 bits per heavy atom. The summed E-state index contributed by atoms with van der Waals surface area (Å²) in [6, 6.07) is 4.80. The van der Waals surface area contributed by atoms with Crippen molar-refractivity contribution >= 4 is 23.4 Å². The number of methoxy groups -OCH3 is 1. The van der Waals surface area contributed by atoms with E-state index in [-0.39, 0.29) is 35.6 Å². The lowest BCUT2D eigenvalue weighted by molar-refractivity contribution is -0.145. The molecule has 0 saturated carbocycles. The average Bonchev–Trinajstić information content (AvgIpc) is 3.07. The molecule has 3 aliphatic carbocycles. The minimum atomic E-state index is -0.702. The maximum Gasteiger partial charge on any atom is 0.234 e. The van der Waals surface area contributed by atoms with Gasteiger partial charge in [0.15, 0.2) is 11.6 Å². The summed E-state index contributed by atoms with van der Waals surface area (Å²) < 4.78 is 5.37. The molecule has 7 nitrogen and oxygen atoms in total. The van der Waals surface area contributed by atoms with E-state index in [0.29, 0.717) is 34.5 Å². The summed E-state index contributed by atoms with van der Waals surface area (Å²) in [7, 11) is 1.51. The van der Waals surface area contributed by atoms with Crippen LogP contribution in [0.3, 0.4) is 0 Å². The van der Waals surface area contributed by atoms with Crippen molar-refractivity contribution in [2.24, 2.45) is 17.8 Å². The van der Waals surface area contributed by atoms with Crippen LogP contribution in [0.25, 0.3) is 0 Å². The molecule has 1 saturated heterocycles. The SMILES string of the molecule is COc1ccc(O)c(C2C3=CCC4C(=O)N(C(C)(C)C)C(=O)C4C3CC3=C2C(=O)C=C(C)C3=O)c1.